The Bertz CT molecular complexity index is 900. The molecule has 1 atom stereocenters. The number of hydrogen-bond donors (Lipinski definition) is 1. The van der Waals surface area contributed by atoms with Crippen molar-refractivity contribution in [3.63, 3.8) is 0 Å². The molecule has 3 rings (SSSR count). The number of hydrogen-bond acceptors (Lipinski definition) is 3. The van der Waals surface area contributed by atoms with Crippen molar-refractivity contribution < 1.29 is 14.3 Å². The maximum Gasteiger partial charge on any atom is 0.261 e. The van der Waals surface area contributed by atoms with Crippen LogP contribution in [0.5, 0.6) is 5.75 Å². The van der Waals surface area contributed by atoms with Crippen molar-refractivity contribution in [1.29, 1.82) is 0 Å². The van der Waals surface area contributed by atoms with Crippen molar-refractivity contribution in [1.82, 2.24) is 10.2 Å². The van der Waals surface area contributed by atoms with Crippen molar-refractivity contribution in [2.45, 2.75) is 64.1 Å². The van der Waals surface area contributed by atoms with Gasteiger partial charge in [-0.2, -0.15) is 0 Å². The van der Waals surface area contributed by atoms with Crippen LogP contribution in [0, 0.1) is 3.57 Å². The first-order valence-electron chi connectivity index (χ1n) is 11.2. The van der Waals surface area contributed by atoms with Gasteiger partial charge in [-0.3, -0.25) is 9.59 Å². The van der Waals surface area contributed by atoms with E-state index < -0.39 is 6.04 Å². The Morgan fingerprint density at radius 1 is 1.12 bits per heavy atom. The number of carbonyl (C=O) groups is 2. The van der Waals surface area contributed by atoms with Gasteiger partial charge in [0, 0.05) is 21.2 Å². The van der Waals surface area contributed by atoms with Gasteiger partial charge in [0.05, 0.1) is 0 Å². The number of halogens is 2. The molecule has 1 fully saturated rings. The number of nitrogens with zero attached hydrogens (tertiary/aromatic N) is 1. The highest BCUT2D eigenvalue weighted by molar-refractivity contribution is 14.1. The van der Waals surface area contributed by atoms with Crippen molar-refractivity contribution in [3.8, 4) is 5.75 Å². The van der Waals surface area contributed by atoms with Gasteiger partial charge in [0.15, 0.2) is 6.61 Å². The average molecular weight is 569 g/mol. The summed E-state index contributed by atoms with van der Waals surface area (Å²) < 4.78 is 6.83. The summed E-state index contributed by atoms with van der Waals surface area (Å²) in [6.45, 7) is 2.04. The fourth-order valence-corrected chi connectivity index (χ4v) is 4.59. The molecule has 1 aliphatic rings. The van der Waals surface area contributed by atoms with E-state index in [1.54, 1.807) is 11.0 Å². The Kier molecular flexibility index (Phi) is 9.66. The zero-order valence-corrected chi connectivity index (χ0v) is 21.3. The average Bonchev–Trinajstić information content (AvgIpc) is 2.80. The largest absolute Gasteiger partial charge is 0.484 e. The van der Waals surface area contributed by atoms with Crippen LogP contribution in [0.15, 0.2) is 48.5 Å². The standard InChI is InChI=1S/C25H30ClIN2O3/c1-2-23(25(31)28-20-9-4-3-5-10-20)29(16-18-8-6-7-11-22(18)26)24(30)17-32-21-14-12-19(27)13-15-21/h6-8,11-15,20,23H,2-5,9-10,16-17H2,1H3,(H,28,31). The summed E-state index contributed by atoms with van der Waals surface area (Å²) in [5, 5.41) is 3.75. The maximum atomic E-state index is 13.3. The Hall–Kier alpha value is -1.80. The quantitative estimate of drug-likeness (QED) is 0.402. The fourth-order valence-electron chi connectivity index (χ4n) is 4.03. The molecule has 2 amide bonds. The van der Waals surface area contributed by atoms with Gasteiger partial charge in [-0.25, -0.2) is 0 Å². The number of ether oxygens (including phenoxy) is 1. The molecule has 0 radical (unpaired) electrons. The minimum atomic E-state index is -0.582. The second kappa shape index (κ2) is 12.4. The van der Waals surface area contributed by atoms with E-state index in [0.717, 1.165) is 34.8 Å². The number of benzene rings is 2. The summed E-state index contributed by atoms with van der Waals surface area (Å²) in [5.41, 5.74) is 0.806. The van der Waals surface area contributed by atoms with Crippen LogP contribution < -0.4 is 10.1 Å². The van der Waals surface area contributed by atoms with E-state index in [1.807, 2.05) is 49.4 Å². The van der Waals surface area contributed by atoms with E-state index in [0.29, 0.717) is 17.2 Å². The van der Waals surface area contributed by atoms with Crippen molar-refractivity contribution in [3.05, 3.63) is 62.7 Å². The molecule has 1 unspecified atom stereocenters. The van der Waals surface area contributed by atoms with Crippen LogP contribution >= 0.6 is 34.2 Å². The molecule has 2 aromatic rings. The molecule has 0 heterocycles. The van der Waals surface area contributed by atoms with Gasteiger partial charge in [-0.15, -0.1) is 0 Å². The second-order valence-corrected chi connectivity index (χ2v) is 9.78. The number of nitrogens with one attached hydrogen (secondary N) is 1. The zero-order chi connectivity index (χ0) is 22.9. The van der Waals surface area contributed by atoms with Gasteiger partial charge >= 0.3 is 0 Å². The normalized spacial score (nSPS) is 15.1. The summed E-state index contributed by atoms with van der Waals surface area (Å²) in [6.07, 6.45) is 5.99. The van der Waals surface area contributed by atoms with Crippen molar-refractivity contribution >= 4 is 46.0 Å². The van der Waals surface area contributed by atoms with E-state index in [2.05, 4.69) is 27.9 Å². The molecule has 7 heteroatoms. The van der Waals surface area contributed by atoms with Gasteiger partial charge in [0.1, 0.15) is 11.8 Å². The Morgan fingerprint density at radius 2 is 1.81 bits per heavy atom. The molecule has 5 nitrogen and oxygen atoms in total. The third kappa shape index (κ3) is 7.10. The molecule has 0 spiro atoms. The molecule has 2 aromatic carbocycles. The third-order valence-electron chi connectivity index (χ3n) is 5.81. The Balaban J connectivity index is 1.75. The lowest BCUT2D eigenvalue weighted by Gasteiger charge is -2.33. The number of rotatable bonds is 9. The van der Waals surface area contributed by atoms with Gasteiger partial charge in [-0.05, 0) is 77.7 Å². The first-order chi connectivity index (χ1) is 15.5. The predicted octanol–water partition coefficient (Wildman–Crippen LogP) is 5.58. The van der Waals surface area contributed by atoms with E-state index in [1.165, 1.54) is 6.42 Å². The Morgan fingerprint density at radius 3 is 2.47 bits per heavy atom. The van der Waals surface area contributed by atoms with Crippen LogP contribution in [0.3, 0.4) is 0 Å². The number of carbonyl (C=O) groups excluding carboxylic acids is 2. The molecule has 0 aliphatic heterocycles. The van der Waals surface area contributed by atoms with Crippen LogP contribution in [0.4, 0.5) is 0 Å². The van der Waals surface area contributed by atoms with Crippen molar-refractivity contribution in [2.24, 2.45) is 0 Å². The molecule has 0 bridgehead atoms. The molecule has 172 valence electrons. The maximum absolute atomic E-state index is 13.3. The molecule has 32 heavy (non-hydrogen) atoms. The van der Waals surface area contributed by atoms with Gasteiger partial charge < -0.3 is 15.0 Å². The van der Waals surface area contributed by atoms with Crippen LogP contribution in [0.2, 0.25) is 5.02 Å². The summed E-state index contributed by atoms with van der Waals surface area (Å²) in [4.78, 5) is 28.1. The van der Waals surface area contributed by atoms with E-state index in [4.69, 9.17) is 16.3 Å². The monoisotopic (exact) mass is 568 g/mol. The lowest BCUT2D eigenvalue weighted by Crippen LogP contribution is -2.52. The predicted molar refractivity (Wildman–Crippen MR) is 136 cm³/mol. The topological polar surface area (TPSA) is 58.6 Å². The summed E-state index contributed by atoms with van der Waals surface area (Å²) in [7, 11) is 0. The molecule has 1 aliphatic carbocycles. The van der Waals surface area contributed by atoms with Crippen LogP contribution in [-0.2, 0) is 16.1 Å². The van der Waals surface area contributed by atoms with Gasteiger partial charge in [0.2, 0.25) is 5.91 Å². The first kappa shape index (κ1) is 24.8. The van der Waals surface area contributed by atoms with Gasteiger partial charge in [0.25, 0.3) is 5.91 Å². The minimum Gasteiger partial charge on any atom is -0.484 e. The highest BCUT2D eigenvalue weighted by Gasteiger charge is 2.31. The molecule has 0 saturated heterocycles. The van der Waals surface area contributed by atoms with E-state index in [9.17, 15) is 9.59 Å². The molecule has 1 saturated carbocycles. The highest BCUT2D eigenvalue weighted by atomic mass is 127. The number of amides is 2. The molecule has 1 N–H and O–H groups in total. The van der Waals surface area contributed by atoms with Gasteiger partial charge in [-0.1, -0.05) is 56.0 Å². The summed E-state index contributed by atoms with van der Waals surface area (Å²) in [6, 6.07) is 14.5. The van der Waals surface area contributed by atoms with Crippen molar-refractivity contribution in [2.75, 3.05) is 6.61 Å². The summed E-state index contributed by atoms with van der Waals surface area (Å²) in [5.74, 6) is 0.277. The molecule has 0 aromatic heterocycles. The highest BCUT2D eigenvalue weighted by Crippen LogP contribution is 2.22. The molecular weight excluding hydrogens is 539 g/mol. The lowest BCUT2D eigenvalue weighted by atomic mass is 9.95. The third-order valence-corrected chi connectivity index (χ3v) is 6.90. The van der Waals surface area contributed by atoms with E-state index in [-0.39, 0.29) is 31.0 Å². The SMILES string of the molecule is CCC(C(=O)NC1CCCCC1)N(Cc1ccccc1Cl)C(=O)COc1ccc(I)cc1. The fraction of sp³-hybridized carbons (Fsp3) is 0.440. The Labute approximate surface area is 209 Å². The lowest BCUT2D eigenvalue weighted by molar-refractivity contribution is -0.143. The van der Waals surface area contributed by atoms with Crippen LogP contribution in [0.25, 0.3) is 0 Å². The first-order valence-corrected chi connectivity index (χ1v) is 12.6. The minimum absolute atomic E-state index is 0.103. The summed E-state index contributed by atoms with van der Waals surface area (Å²) >= 11 is 8.59. The van der Waals surface area contributed by atoms with Crippen LogP contribution in [0.1, 0.15) is 51.0 Å². The zero-order valence-electron chi connectivity index (χ0n) is 18.4. The van der Waals surface area contributed by atoms with Crippen LogP contribution in [-0.4, -0.2) is 35.4 Å². The smallest absolute Gasteiger partial charge is 0.261 e. The second-order valence-electron chi connectivity index (χ2n) is 8.12. The molecular formula is C25H30ClIN2O3. The van der Waals surface area contributed by atoms with E-state index >= 15 is 0 Å².